The highest BCUT2D eigenvalue weighted by Gasteiger charge is 2.41. The van der Waals surface area contributed by atoms with Crippen LogP contribution in [0.3, 0.4) is 0 Å². The second-order valence-electron chi connectivity index (χ2n) is 5.72. The summed E-state index contributed by atoms with van der Waals surface area (Å²) in [6.45, 7) is 3.65. The Bertz CT molecular complexity index is 393. The van der Waals surface area contributed by atoms with Crippen LogP contribution in [0.4, 0.5) is 4.79 Å². The van der Waals surface area contributed by atoms with Crippen LogP contribution in [-0.2, 0) is 4.79 Å². The number of terminal acetylenes is 1. The molecule has 0 aromatic heterocycles. The molecule has 5 heteroatoms. The average molecular weight is 294 g/mol. The van der Waals surface area contributed by atoms with Gasteiger partial charge in [-0.3, -0.25) is 4.79 Å². The van der Waals surface area contributed by atoms with Crippen LogP contribution >= 0.6 is 0 Å². The van der Waals surface area contributed by atoms with E-state index in [-0.39, 0.29) is 6.03 Å². The fraction of sp³-hybridized carbons (Fsp3) is 0.750. The van der Waals surface area contributed by atoms with E-state index >= 15 is 0 Å². The molecule has 1 aliphatic heterocycles. The van der Waals surface area contributed by atoms with Gasteiger partial charge < -0.3 is 15.3 Å². The topological polar surface area (TPSA) is 69.6 Å². The van der Waals surface area contributed by atoms with E-state index in [4.69, 9.17) is 6.42 Å². The van der Waals surface area contributed by atoms with E-state index in [1.165, 1.54) is 0 Å². The minimum atomic E-state index is -0.723. The van der Waals surface area contributed by atoms with Gasteiger partial charge in [-0.1, -0.05) is 13.3 Å². The quantitative estimate of drug-likeness (QED) is 0.560. The molecule has 2 amide bonds. The largest absolute Gasteiger partial charge is 0.481 e. The first-order valence-corrected chi connectivity index (χ1v) is 7.75. The van der Waals surface area contributed by atoms with Crippen LogP contribution in [0.2, 0.25) is 0 Å². The Balaban J connectivity index is 2.36. The van der Waals surface area contributed by atoms with Gasteiger partial charge in [-0.05, 0) is 32.1 Å². The number of carboxylic acids is 1. The zero-order valence-electron chi connectivity index (χ0n) is 12.9. The molecule has 0 spiro atoms. The van der Waals surface area contributed by atoms with Crippen LogP contribution in [0, 0.1) is 17.8 Å². The number of likely N-dealkylation sites (tertiary alicyclic amines) is 1. The smallest absolute Gasteiger partial charge is 0.317 e. The summed E-state index contributed by atoms with van der Waals surface area (Å²) in [7, 11) is 0. The second-order valence-corrected chi connectivity index (χ2v) is 5.72. The van der Waals surface area contributed by atoms with Crippen LogP contribution < -0.4 is 5.32 Å². The fourth-order valence-corrected chi connectivity index (χ4v) is 2.85. The van der Waals surface area contributed by atoms with Gasteiger partial charge in [0.2, 0.25) is 0 Å². The van der Waals surface area contributed by atoms with Crippen molar-refractivity contribution in [3.8, 4) is 12.3 Å². The van der Waals surface area contributed by atoms with E-state index in [1.54, 1.807) is 4.90 Å². The molecule has 1 saturated heterocycles. The van der Waals surface area contributed by atoms with E-state index < -0.39 is 11.4 Å². The number of piperidine rings is 1. The summed E-state index contributed by atoms with van der Waals surface area (Å²) in [5.74, 6) is 1.85. The Morgan fingerprint density at radius 2 is 2.00 bits per heavy atom. The van der Waals surface area contributed by atoms with Gasteiger partial charge in [0, 0.05) is 26.1 Å². The number of hydrogen-bond acceptors (Lipinski definition) is 2. The Morgan fingerprint density at radius 3 is 2.52 bits per heavy atom. The maximum Gasteiger partial charge on any atom is 0.317 e. The molecule has 1 heterocycles. The Morgan fingerprint density at radius 1 is 1.33 bits per heavy atom. The van der Waals surface area contributed by atoms with Gasteiger partial charge in [-0.25, -0.2) is 4.79 Å². The summed E-state index contributed by atoms with van der Waals surface area (Å²) in [4.78, 5) is 25.2. The third-order valence-electron chi connectivity index (χ3n) is 4.21. The van der Waals surface area contributed by atoms with Gasteiger partial charge >= 0.3 is 12.0 Å². The van der Waals surface area contributed by atoms with Crippen LogP contribution in [0.25, 0.3) is 0 Å². The zero-order valence-corrected chi connectivity index (χ0v) is 12.9. The standard InChI is InChI=1S/C16H26N2O3/c1-3-5-6-7-11-17-15(21)18-12-9-16(8-4-2,10-13-18)14(19)20/h1H,4-13H2,2H3,(H,17,21)(H,19,20). The number of nitrogens with one attached hydrogen (secondary N) is 1. The first kappa shape index (κ1) is 17.4. The molecule has 0 bridgehead atoms. The van der Waals surface area contributed by atoms with Gasteiger partial charge in [0.15, 0.2) is 0 Å². The second kappa shape index (κ2) is 8.56. The van der Waals surface area contributed by atoms with E-state index in [2.05, 4.69) is 11.2 Å². The molecule has 0 radical (unpaired) electrons. The molecule has 0 saturated carbocycles. The van der Waals surface area contributed by atoms with Crippen molar-refractivity contribution in [2.24, 2.45) is 5.41 Å². The van der Waals surface area contributed by atoms with E-state index in [0.717, 1.165) is 25.7 Å². The van der Waals surface area contributed by atoms with Crippen LogP contribution in [0.1, 0.15) is 51.9 Å². The number of rotatable bonds is 7. The van der Waals surface area contributed by atoms with E-state index in [0.29, 0.717) is 38.9 Å². The van der Waals surface area contributed by atoms with E-state index in [1.807, 2.05) is 6.92 Å². The lowest BCUT2D eigenvalue weighted by molar-refractivity contribution is -0.152. The molecule has 1 aliphatic rings. The first-order valence-electron chi connectivity index (χ1n) is 7.75. The SMILES string of the molecule is C#CCCCCNC(=O)N1CCC(CCC)(C(=O)O)CC1. The maximum atomic E-state index is 12.0. The summed E-state index contributed by atoms with van der Waals surface area (Å²) in [6, 6.07) is -0.0915. The number of urea groups is 1. The molecule has 0 aliphatic carbocycles. The van der Waals surface area contributed by atoms with E-state index in [9.17, 15) is 14.7 Å². The van der Waals surface area contributed by atoms with Crippen molar-refractivity contribution in [2.45, 2.75) is 51.9 Å². The summed E-state index contributed by atoms with van der Waals surface area (Å²) < 4.78 is 0. The van der Waals surface area contributed by atoms with Crippen LogP contribution in [0.15, 0.2) is 0 Å². The molecule has 0 aromatic rings. The lowest BCUT2D eigenvalue weighted by Gasteiger charge is -2.38. The van der Waals surface area contributed by atoms with Crippen LogP contribution in [0.5, 0.6) is 0 Å². The molecular weight excluding hydrogens is 268 g/mol. The fourth-order valence-electron chi connectivity index (χ4n) is 2.85. The highest BCUT2D eigenvalue weighted by Crippen LogP contribution is 2.36. The summed E-state index contributed by atoms with van der Waals surface area (Å²) in [5.41, 5.74) is -0.641. The number of amides is 2. The molecule has 0 atom stereocenters. The lowest BCUT2D eigenvalue weighted by Crippen LogP contribution is -2.49. The molecule has 2 N–H and O–H groups in total. The van der Waals surface area contributed by atoms with Gasteiger partial charge in [0.05, 0.1) is 5.41 Å². The highest BCUT2D eigenvalue weighted by molar-refractivity contribution is 5.77. The Hall–Kier alpha value is -1.70. The van der Waals surface area contributed by atoms with Crippen molar-refractivity contribution < 1.29 is 14.7 Å². The average Bonchev–Trinajstić information content (AvgIpc) is 2.47. The Labute approximate surface area is 127 Å². The highest BCUT2D eigenvalue weighted by atomic mass is 16.4. The zero-order chi connectivity index (χ0) is 15.7. The summed E-state index contributed by atoms with van der Waals surface area (Å²) in [5, 5.41) is 12.3. The molecule has 5 nitrogen and oxygen atoms in total. The predicted molar refractivity (Wildman–Crippen MR) is 81.9 cm³/mol. The predicted octanol–water partition coefficient (Wildman–Crippen LogP) is 2.47. The third kappa shape index (κ3) is 4.96. The first-order chi connectivity index (χ1) is 10.1. The van der Waals surface area contributed by atoms with Gasteiger partial charge in [-0.2, -0.15) is 0 Å². The van der Waals surface area contributed by atoms with Crippen molar-refractivity contribution in [1.29, 1.82) is 0 Å². The maximum absolute atomic E-state index is 12.0. The van der Waals surface area contributed by atoms with Crippen LogP contribution in [-0.4, -0.2) is 41.6 Å². The molecule has 0 unspecified atom stereocenters. The number of carbonyl (C=O) groups excluding carboxylic acids is 1. The molecule has 118 valence electrons. The Kier molecular flexibility index (Phi) is 7.07. The lowest BCUT2D eigenvalue weighted by atomic mass is 9.75. The number of aliphatic carboxylic acids is 1. The monoisotopic (exact) mass is 294 g/mol. The summed E-state index contributed by atoms with van der Waals surface area (Å²) >= 11 is 0. The number of nitrogens with zero attached hydrogens (tertiary/aromatic N) is 1. The molecule has 0 aromatic carbocycles. The summed E-state index contributed by atoms with van der Waals surface area (Å²) in [6.07, 6.45) is 10.3. The normalized spacial score (nSPS) is 17.0. The molecular formula is C16H26N2O3. The van der Waals surface area contributed by atoms with Gasteiger partial charge in [-0.15, -0.1) is 12.3 Å². The van der Waals surface area contributed by atoms with Crippen molar-refractivity contribution >= 4 is 12.0 Å². The van der Waals surface area contributed by atoms with Gasteiger partial charge in [0.1, 0.15) is 0 Å². The minimum absolute atomic E-state index is 0.0915. The number of hydrogen-bond donors (Lipinski definition) is 2. The number of carboxylic acid groups (broad SMARTS) is 1. The molecule has 1 fully saturated rings. The third-order valence-corrected chi connectivity index (χ3v) is 4.21. The minimum Gasteiger partial charge on any atom is -0.481 e. The number of unbranched alkanes of at least 4 members (excludes halogenated alkanes) is 2. The van der Waals surface area contributed by atoms with Crippen molar-refractivity contribution in [3.63, 3.8) is 0 Å². The molecule has 1 rings (SSSR count). The van der Waals surface area contributed by atoms with Gasteiger partial charge in [0.25, 0.3) is 0 Å². The van der Waals surface area contributed by atoms with Crippen molar-refractivity contribution in [2.75, 3.05) is 19.6 Å². The molecule has 21 heavy (non-hydrogen) atoms. The number of carbonyl (C=O) groups is 2. The van der Waals surface area contributed by atoms with Crippen molar-refractivity contribution in [3.05, 3.63) is 0 Å². The van der Waals surface area contributed by atoms with Crippen molar-refractivity contribution in [1.82, 2.24) is 10.2 Å².